The minimum absolute atomic E-state index is 0.373. The Morgan fingerprint density at radius 1 is 1.07 bits per heavy atom. The van der Waals surface area contributed by atoms with Gasteiger partial charge in [0.05, 0.1) is 6.10 Å². The van der Waals surface area contributed by atoms with Gasteiger partial charge in [0, 0.05) is 0 Å². The first-order chi connectivity index (χ1) is 6.28. The molecule has 0 saturated heterocycles. The van der Waals surface area contributed by atoms with Crippen LogP contribution in [0.1, 0.15) is 27.7 Å². The maximum Gasteiger partial charge on any atom is 0.184 e. The fourth-order valence-corrected chi connectivity index (χ4v) is 2.98. The van der Waals surface area contributed by atoms with Gasteiger partial charge in [0.1, 0.15) is 0 Å². The van der Waals surface area contributed by atoms with Gasteiger partial charge in [0.15, 0.2) is 8.32 Å². The van der Waals surface area contributed by atoms with Crippen LogP contribution >= 0.6 is 0 Å². The van der Waals surface area contributed by atoms with Crippen LogP contribution in [-0.2, 0) is 4.43 Å². The van der Waals surface area contributed by atoms with E-state index < -0.39 is 8.32 Å². The molecule has 0 radical (unpaired) electrons. The summed E-state index contributed by atoms with van der Waals surface area (Å²) in [5, 5.41) is 0. The average Bonchev–Trinajstić information content (AvgIpc) is 1.98. The molecule has 0 aliphatic rings. The Morgan fingerprint density at radius 3 is 1.86 bits per heavy atom. The largest absolute Gasteiger partial charge is 0.414 e. The van der Waals surface area contributed by atoms with Crippen molar-refractivity contribution in [3.8, 4) is 0 Å². The monoisotopic (exact) mass is 214 g/mol. The summed E-state index contributed by atoms with van der Waals surface area (Å²) < 4.78 is 6.20. The molecule has 84 valence electrons. The van der Waals surface area contributed by atoms with Crippen LogP contribution in [0.3, 0.4) is 0 Å². The molecule has 0 aromatic carbocycles. The zero-order valence-electron chi connectivity index (χ0n) is 10.8. The van der Waals surface area contributed by atoms with Crippen molar-refractivity contribution in [1.82, 2.24) is 0 Å². The van der Waals surface area contributed by atoms with Crippen molar-refractivity contribution < 1.29 is 4.43 Å². The molecular weight excluding hydrogens is 188 g/mol. The molecule has 0 aromatic rings. The third-order valence-corrected chi connectivity index (χ3v) is 3.14. The lowest BCUT2D eigenvalue weighted by Crippen LogP contribution is -2.38. The highest BCUT2D eigenvalue weighted by molar-refractivity contribution is 6.69. The molecule has 2 atom stereocenters. The smallest absolute Gasteiger partial charge is 0.184 e. The van der Waals surface area contributed by atoms with Crippen molar-refractivity contribution in [3.05, 3.63) is 12.2 Å². The summed E-state index contributed by atoms with van der Waals surface area (Å²) in [5.41, 5.74) is 0. The molecule has 0 amide bonds. The number of rotatable bonds is 5. The van der Waals surface area contributed by atoms with E-state index in [9.17, 15) is 0 Å². The molecule has 0 unspecified atom stereocenters. The molecule has 0 aromatic heterocycles. The van der Waals surface area contributed by atoms with Crippen molar-refractivity contribution in [1.29, 1.82) is 0 Å². The Hall–Kier alpha value is -0.0831. The van der Waals surface area contributed by atoms with E-state index in [0.29, 0.717) is 17.9 Å². The van der Waals surface area contributed by atoms with Gasteiger partial charge in [-0.2, -0.15) is 0 Å². The van der Waals surface area contributed by atoms with E-state index in [4.69, 9.17) is 4.43 Å². The highest BCUT2D eigenvalue weighted by Crippen LogP contribution is 2.22. The van der Waals surface area contributed by atoms with Gasteiger partial charge in [0.2, 0.25) is 0 Å². The maximum absolute atomic E-state index is 6.20. The second-order valence-electron chi connectivity index (χ2n) is 5.32. The Bertz CT molecular complexity index is 179. The van der Waals surface area contributed by atoms with Gasteiger partial charge in [-0.05, 0) is 38.4 Å². The molecule has 14 heavy (non-hydrogen) atoms. The molecule has 0 bridgehead atoms. The van der Waals surface area contributed by atoms with Crippen molar-refractivity contribution in [2.24, 2.45) is 11.8 Å². The van der Waals surface area contributed by atoms with E-state index in [2.05, 4.69) is 59.5 Å². The van der Waals surface area contributed by atoms with Crippen LogP contribution in [0.4, 0.5) is 0 Å². The van der Waals surface area contributed by atoms with Crippen molar-refractivity contribution >= 4 is 8.32 Å². The second kappa shape index (κ2) is 5.71. The molecule has 1 nitrogen and oxygen atoms in total. The number of allylic oxidation sites excluding steroid dienone is 1. The fraction of sp³-hybridized carbons (Fsp3) is 0.833. The summed E-state index contributed by atoms with van der Waals surface area (Å²) >= 11 is 0. The van der Waals surface area contributed by atoms with Crippen molar-refractivity contribution in [3.63, 3.8) is 0 Å². The zero-order valence-corrected chi connectivity index (χ0v) is 11.8. The first-order valence-electron chi connectivity index (χ1n) is 5.58. The van der Waals surface area contributed by atoms with Crippen LogP contribution in [0, 0.1) is 11.8 Å². The first kappa shape index (κ1) is 13.9. The van der Waals surface area contributed by atoms with E-state index in [-0.39, 0.29) is 0 Å². The SMILES string of the molecule is C/C=C/[C@@H](C)[C@H](O[Si](C)(C)C)C(C)C. The predicted octanol–water partition coefficient (Wildman–Crippen LogP) is 4.07. The van der Waals surface area contributed by atoms with Crippen LogP contribution in [0.15, 0.2) is 12.2 Å². The minimum Gasteiger partial charge on any atom is -0.414 e. The molecule has 0 heterocycles. The highest BCUT2D eigenvalue weighted by atomic mass is 28.4. The van der Waals surface area contributed by atoms with Gasteiger partial charge in [-0.25, -0.2) is 0 Å². The van der Waals surface area contributed by atoms with Gasteiger partial charge < -0.3 is 4.43 Å². The molecular formula is C12H26OSi. The molecule has 2 heteroatoms. The lowest BCUT2D eigenvalue weighted by atomic mass is 9.95. The van der Waals surface area contributed by atoms with Crippen LogP contribution in [0.5, 0.6) is 0 Å². The van der Waals surface area contributed by atoms with Gasteiger partial charge in [0.25, 0.3) is 0 Å². The van der Waals surface area contributed by atoms with E-state index in [1.54, 1.807) is 0 Å². The summed E-state index contributed by atoms with van der Waals surface area (Å²) in [5.74, 6) is 1.11. The Morgan fingerprint density at radius 2 is 1.57 bits per heavy atom. The summed E-state index contributed by atoms with van der Waals surface area (Å²) in [6, 6.07) is 0. The van der Waals surface area contributed by atoms with Crippen molar-refractivity contribution in [2.75, 3.05) is 0 Å². The summed E-state index contributed by atoms with van der Waals surface area (Å²) in [6.07, 6.45) is 4.73. The summed E-state index contributed by atoms with van der Waals surface area (Å²) in [7, 11) is -1.41. The zero-order chi connectivity index (χ0) is 11.4. The Kier molecular flexibility index (Phi) is 5.68. The lowest BCUT2D eigenvalue weighted by molar-refractivity contribution is 0.109. The number of hydrogen-bond donors (Lipinski definition) is 0. The minimum atomic E-state index is -1.41. The Balaban J connectivity index is 4.44. The normalized spacial score (nSPS) is 17.7. The molecule has 0 rings (SSSR count). The van der Waals surface area contributed by atoms with Crippen molar-refractivity contribution in [2.45, 2.75) is 53.4 Å². The molecule has 0 fully saturated rings. The van der Waals surface area contributed by atoms with Gasteiger partial charge in [-0.3, -0.25) is 0 Å². The van der Waals surface area contributed by atoms with Crippen LogP contribution in [0.2, 0.25) is 19.6 Å². The van der Waals surface area contributed by atoms with Crippen LogP contribution in [0.25, 0.3) is 0 Å². The average molecular weight is 214 g/mol. The quantitative estimate of drug-likeness (QED) is 0.495. The number of hydrogen-bond acceptors (Lipinski definition) is 1. The third-order valence-electron chi connectivity index (χ3n) is 2.16. The van der Waals surface area contributed by atoms with Gasteiger partial charge in [-0.15, -0.1) is 0 Å². The van der Waals surface area contributed by atoms with Gasteiger partial charge >= 0.3 is 0 Å². The molecule has 0 spiro atoms. The maximum atomic E-state index is 6.20. The summed E-state index contributed by atoms with van der Waals surface area (Å²) in [4.78, 5) is 0. The van der Waals surface area contributed by atoms with E-state index >= 15 is 0 Å². The topological polar surface area (TPSA) is 9.23 Å². The highest BCUT2D eigenvalue weighted by Gasteiger charge is 2.26. The fourth-order valence-electron chi connectivity index (χ4n) is 1.67. The standard InChI is InChI=1S/C12H26OSi/c1-8-9-11(4)12(10(2)3)13-14(5,6)7/h8-12H,1-7H3/b9-8+/t11-,12-/m1/s1. The van der Waals surface area contributed by atoms with E-state index in [0.717, 1.165) is 0 Å². The second-order valence-corrected chi connectivity index (χ2v) is 9.78. The van der Waals surface area contributed by atoms with Crippen LogP contribution in [-0.4, -0.2) is 14.4 Å². The molecule has 0 saturated carbocycles. The third kappa shape index (κ3) is 5.61. The lowest BCUT2D eigenvalue weighted by Gasteiger charge is -2.32. The predicted molar refractivity (Wildman–Crippen MR) is 67.0 cm³/mol. The molecule has 0 aliphatic heterocycles. The Labute approximate surface area is 90.7 Å². The molecule has 0 N–H and O–H groups in total. The summed E-state index contributed by atoms with van der Waals surface area (Å²) in [6.45, 7) is 15.6. The van der Waals surface area contributed by atoms with E-state index in [1.165, 1.54) is 0 Å². The van der Waals surface area contributed by atoms with Crippen LogP contribution < -0.4 is 0 Å². The van der Waals surface area contributed by atoms with E-state index in [1.807, 2.05) is 0 Å². The molecule has 0 aliphatic carbocycles. The van der Waals surface area contributed by atoms with Gasteiger partial charge in [-0.1, -0.05) is 32.9 Å². The first-order valence-corrected chi connectivity index (χ1v) is 8.99.